The zero-order valence-electron chi connectivity index (χ0n) is 17.7. The zero-order valence-corrected chi connectivity index (χ0v) is 17.7. The summed E-state index contributed by atoms with van der Waals surface area (Å²) in [5.41, 5.74) is -0.387. The number of aromatic nitrogens is 3. The molecule has 1 fully saturated rings. The van der Waals surface area contributed by atoms with E-state index < -0.39 is 24.0 Å². The minimum Gasteiger partial charge on any atom is -0.381 e. The van der Waals surface area contributed by atoms with Gasteiger partial charge in [0.25, 0.3) is 11.8 Å². The van der Waals surface area contributed by atoms with E-state index in [2.05, 4.69) is 9.97 Å². The van der Waals surface area contributed by atoms with Crippen molar-refractivity contribution in [1.82, 2.24) is 24.6 Å². The Morgan fingerprint density at radius 3 is 2.52 bits per heavy atom. The Hall–Kier alpha value is -3.47. The smallest absolute Gasteiger partial charge is 0.381 e. The molecule has 33 heavy (non-hydrogen) atoms. The molecule has 1 saturated heterocycles. The molecule has 0 bridgehead atoms. The van der Waals surface area contributed by atoms with Gasteiger partial charge >= 0.3 is 6.18 Å². The lowest BCUT2D eigenvalue weighted by atomic mass is 10.1. The van der Waals surface area contributed by atoms with Crippen LogP contribution >= 0.6 is 0 Å². The molecule has 1 aliphatic rings. The molecule has 0 saturated carbocycles. The number of amides is 2. The van der Waals surface area contributed by atoms with Gasteiger partial charge in [0, 0.05) is 32.6 Å². The fourth-order valence-electron chi connectivity index (χ4n) is 3.86. The fourth-order valence-corrected chi connectivity index (χ4v) is 3.86. The largest absolute Gasteiger partial charge is 0.414 e. The van der Waals surface area contributed by atoms with Gasteiger partial charge in [0.1, 0.15) is 0 Å². The Balaban J connectivity index is 1.64. The van der Waals surface area contributed by atoms with Gasteiger partial charge in [-0.25, -0.2) is 4.98 Å². The molecule has 3 aromatic rings. The number of rotatable bonds is 5. The molecule has 0 spiro atoms. The monoisotopic (exact) mass is 461 g/mol. The van der Waals surface area contributed by atoms with Crippen LogP contribution < -0.4 is 5.32 Å². The van der Waals surface area contributed by atoms with Gasteiger partial charge in [-0.3, -0.25) is 19.0 Å². The highest BCUT2D eigenvalue weighted by Crippen LogP contribution is 2.32. The van der Waals surface area contributed by atoms with Gasteiger partial charge in [-0.05, 0) is 37.1 Å². The highest BCUT2D eigenvalue weighted by atomic mass is 19.4. The second kappa shape index (κ2) is 9.18. The van der Waals surface area contributed by atoms with Crippen LogP contribution in [0.2, 0.25) is 0 Å². The zero-order chi connectivity index (χ0) is 23.6. The maximum absolute atomic E-state index is 13.7. The molecular formula is C22H22F3N5O3. The van der Waals surface area contributed by atoms with Gasteiger partial charge in [0.15, 0.2) is 11.7 Å². The van der Waals surface area contributed by atoms with Crippen molar-refractivity contribution in [2.45, 2.75) is 31.2 Å². The van der Waals surface area contributed by atoms with Gasteiger partial charge in [0.2, 0.25) is 5.82 Å². The summed E-state index contributed by atoms with van der Waals surface area (Å²) in [6, 6.07) is 6.54. The second-order valence-corrected chi connectivity index (χ2v) is 7.67. The predicted molar refractivity (Wildman–Crippen MR) is 112 cm³/mol. The molecule has 174 valence electrons. The maximum atomic E-state index is 13.7. The topological polar surface area (TPSA) is 88.8 Å². The van der Waals surface area contributed by atoms with Gasteiger partial charge in [-0.1, -0.05) is 12.1 Å². The first-order valence-electron chi connectivity index (χ1n) is 10.4. The molecule has 4 rings (SSSR count). The molecule has 11 heteroatoms. The van der Waals surface area contributed by atoms with Crippen molar-refractivity contribution in [2.24, 2.45) is 0 Å². The van der Waals surface area contributed by atoms with Crippen LogP contribution in [0.4, 0.5) is 13.2 Å². The van der Waals surface area contributed by atoms with Gasteiger partial charge in [-0.15, -0.1) is 0 Å². The number of pyridine rings is 2. The Kier molecular flexibility index (Phi) is 6.32. The summed E-state index contributed by atoms with van der Waals surface area (Å²) in [5.74, 6) is -1.49. The first-order chi connectivity index (χ1) is 15.8. The third-order valence-electron chi connectivity index (χ3n) is 5.60. The molecule has 4 heterocycles. The number of carbonyl (C=O) groups excluding carboxylic acids is 2. The van der Waals surface area contributed by atoms with Crippen LogP contribution in [0.1, 0.15) is 45.7 Å². The van der Waals surface area contributed by atoms with E-state index in [1.54, 1.807) is 30.3 Å². The molecule has 0 radical (unpaired) electrons. The molecule has 0 aromatic carbocycles. The highest BCUT2D eigenvalue weighted by Gasteiger charge is 2.43. The standard InChI is InChI=1S/C22H22F3N5O3/c1-33-14-8-12-29(13-9-14)21(32)19-27-17(16-7-3-5-11-30(16)19)20(31)28-18(22(23,24)25)15-6-2-4-10-26-15/h2-7,10-11,14,18H,8-9,12-13H2,1H3,(H,28,31). The third kappa shape index (κ3) is 4.68. The van der Waals surface area contributed by atoms with Gasteiger partial charge < -0.3 is 15.0 Å². The van der Waals surface area contributed by atoms with Crippen LogP contribution in [0.15, 0.2) is 48.8 Å². The number of hydrogen-bond acceptors (Lipinski definition) is 5. The fraction of sp³-hybridized carbons (Fsp3) is 0.364. The molecule has 2 amide bonds. The first kappa shape index (κ1) is 22.7. The number of fused-ring (bicyclic) bond motifs is 1. The average molecular weight is 461 g/mol. The van der Waals surface area contributed by atoms with E-state index in [1.165, 1.54) is 34.9 Å². The molecule has 8 nitrogen and oxygen atoms in total. The van der Waals surface area contributed by atoms with E-state index in [4.69, 9.17) is 4.74 Å². The van der Waals surface area contributed by atoms with Crippen LogP contribution in [0.5, 0.6) is 0 Å². The number of hydrogen-bond donors (Lipinski definition) is 1. The summed E-state index contributed by atoms with van der Waals surface area (Å²) >= 11 is 0. The van der Waals surface area contributed by atoms with E-state index >= 15 is 0 Å². The number of piperidine rings is 1. The summed E-state index contributed by atoms with van der Waals surface area (Å²) in [6.07, 6.45) is -0.612. The van der Waals surface area contributed by atoms with Crippen molar-refractivity contribution in [3.05, 3.63) is 66.0 Å². The Morgan fingerprint density at radius 1 is 1.15 bits per heavy atom. The number of carbonyl (C=O) groups is 2. The molecule has 1 aliphatic heterocycles. The van der Waals surface area contributed by atoms with Crippen molar-refractivity contribution in [2.75, 3.05) is 20.2 Å². The Bertz CT molecular complexity index is 1140. The summed E-state index contributed by atoms with van der Waals surface area (Å²) in [7, 11) is 1.62. The summed E-state index contributed by atoms with van der Waals surface area (Å²) in [4.78, 5) is 35.6. The second-order valence-electron chi connectivity index (χ2n) is 7.67. The molecule has 1 atom stereocenters. The van der Waals surface area contributed by atoms with Crippen molar-refractivity contribution >= 4 is 17.3 Å². The predicted octanol–water partition coefficient (Wildman–Crippen LogP) is 3.01. The van der Waals surface area contributed by atoms with Crippen LogP contribution in [0.25, 0.3) is 5.52 Å². The quantitative estimate of drug-likeness (QED) is 0.631. The van der Waals surface area contributed by atoms with Gasteiger partial charge in [0.05, 0.1) is 17.3 Å². The van der Waals surface area contributed by atoms with E-state index in [9.17, 15) is 22.8 Å². The van der Waals surface area contributed by atoms with Crippen molar-refractivity contribution in [1.29, 1.82) is 0 Å². The lowest BCUT2D eigenvalue weighted by Gasteiger charge is -2.30. The molecule has 3 aromatic heterocycles. The van der Waals surface area contributed by atoms with E-state index in [0.717, 1.165) is 0 Å². The molecule has 1 N–H and O–H groups in total. The lowest BCUT2D eigenvalue weighted by Crippen LogP contribution is -2.41. The minimum atomic E-state index is -4.77. The number of halogens is 3. The summed E-state index contributed by atoms with van der Waals surface area (Å²) in [5, 5.41) is 1.98. The normalized spacial score (nSPS) is 16.1. The van der Waals surface area contributed by atoms with Crippen molar-refractivity contribution < 1.29 is 27.5 Å². The van der Waals surface area contributed by atoms with Crippen LogP contribution in [-0.4, -0.2) is 63.6 Å². The van der Waals surface area contributed by atoms with Crippen molar-refractivity contribution in [3.8, 4) is 0 Å². The van der Waals surface area contributed by atoms with Crippen molar-refractivity contribution in [3.63, 3.8) is 0 Å². The van der Waals surface area contributed by atoms with E-state index in [1.807, 2.05) is 5.32 Å². The van der Waals surface area contributed by atoms with Gasteiger partial charge in [-0.2, -0.15) is 13.2 Å². The third-order valence-corrected chi connectivity index (χ3v) is 5.60. The number of nitrogens with zero attached hydrogens (tertiary/aromatic N) is 4. The first-order valence-corrected chi connectivity index (χ1v) is 10.4. The number of nitrogens with one attached hydrogen (secondary N) is 1. The molecular weight excluding hydrogens is 439 g/mol. The number of imidazole rings is 1. The van der Waals surface area contributed by atoms with Crippen LogP contribution in [0.3, 0.4) is 0 Å². The summed E-state index contributed by atoms with van der Waals surface area (Å²) < 4.78 is 47.8. The van der Waals surface area contributed by atoms with E-state index in [0.29, 0.717) is 25.9 Å². The molecule has 0 aliphatic carbocycles. The lowest BCUT2D eigenvalue weighted by molar-refractivity contribution is -0.156. The number of alkyl halides is 3. The van der Waals surface area contributed by atoms with Crippen LogP contribution in [-0.2, 0) is 4.74 Å². The SMILES string of the molecule is COC1CCN(C(=O)c2nc(C(=O)NC(c3ccccn3)C(F)(F)F)c3ccccn23)CC1. The Labute approximate surface area is 187 Å². The maximum Gasteiger partial charge on any atom is 0.414 e. The average Bonchev–Trinajstić information content (AvgIpc) is 3.21. The minimum absolute atomic E-state index is 0.0342. The summed E-state index contributed by atoms with van der Waals surface area (Å²) in [6.45, 7) is 0.910. The van der Waals surface area contributed by atoms with Crippen LogP contribution in [0, 0.1) is 0 Å². The highest BCUT2D eigenvalue weighted by molar-refractivity contribution is 6.02. The molecule has 1 unspecified atom stereocenters. The number of likely N-dealkylation sites (tertiary alicyclic amines) is 1. The van der Waals surface area contributed by atoms with E-state index in [-0.39, 0.29) is 28.8 Å². The number of methoxy groups -OCH3 is 1. The number of ether oxygens (including phenoxy) is 1. The Morgan fingerprint density at radius 2 is 1.88 bits per heavy atom.